The molecule has 33 heavy (non-hydrogen) atoms. The molecule has 2 aromatic carbocycles. The molecule has 158 valence electrons. The van der Waals surface area contributed by atoms with Gasteiger partial charge in [0.05, 0.1) is 11.7 Å². The molecular formula is C25H16FN7. The Morgan fingerprint density at radius 2 is 1.76 bits per heavy atom. The summed E-state index contributed by atoms with van der Waals surface area (Å²) in [6.07, 6.45) is 5.11. The fourth-order valence-electron chi connectivity index (χ4n) is 3.88. The van der Waals surface area contributed by atoms with Crippen molar-refractivity contribution >= 4 is 16.7 Å². The van der Waals surface area contributed by atoms with E-state index in [2.05, 4.69) is 41.9 Å². The number of benzene rings is 2. The largest absolute Gasteiger partial charge is 0.348 e. The summed E-state index contributed by atoms with van der Waals surface area (Å²) in [6, 6.07) is 19.3. The summed E-state index contributed by atoms with van der Waals surface area (Å²) in [5.74, 6) is 4.32. The molecule has 0 aliphatic carbocycles. The molecule has 0 radical (unpaired) electrons. The lowest BCUT2D eigenvalue weighted by molar-refractivity contribution is 0.626. The third kappa shape index (κ3) is 3.66. The highest BCUT2D eigenvalue weighted by Crippen LogP contribution is 2.28. The van der Waals surface area contributed by atoms with E-state index in [4.69, 9.17) is 0 Å². The van der Waals surface area contributed by atoms with Gasteiger partial charge in [0, 0.05) is 36.9 Å². The van der Waals surface area contributed by atoms with Crippen LogP contribution in [0.25, 0.3) is 22.4 Å². The van der Waals surface area contributed by atoms with Crippen LogP contribution in [0.15, 0.2) is 73.2 Å². The molecule has 0 spiro atoms. The molecule has 6 rings (SSSR count). The van der Waals surface area contributed by atoms with Crippen molar-refractivity contribution in [2.45, 2.75) is 13.1 Å². The Balaban J connectivity index is 1.28. The molecule has 0 bridgehead atoms. The first-order valence-electron chi connectivity index (χ1n) is 10.4. The summed E-state index contributed by atoms with van der Waals surface area (Å²) in [5, 5.41) is 5.32. The van der Waals surface area contributed by atoms with Crippen LogP contribution in [0.5, 0.6) is 0 Å². The van der Waals surface area contributed by atoms with Crippen molar-refractivity contribution in [2.75, 3.05) is 4.90 Å². The normalized spacial score (nSPS) is 12.5. The van der Waals surface area contributed by atoms with Crippen molar-refractivity contribution in [3.05, 3.63) is 96.0 Å². The van der Waals surface area contributed by atoms with Gasteiger partial charge in [-0.05, 0) is 47.4 Å². The van der Waals surface area contributed by atoms with Crippen molar-refractivity contribution in [2.24, 2.45) is 0 Å². The van der Waals surface area contributed by atoms with Gasteiger partial charge in [0.2, 0.25) is 5.82 Å². The van der Waals surface area contributed by atoms with E-state index < -0.39 is 0 Å². The third-order valence-corrected chi connectivity index (χ3v) is 5.49. The van der Waals surface area contributed by atoms with Gasteiger partial charge < -0.3 is 4.90 Å². The second-order valence-electron chi connectivity index (χ2n) is 7.63. The van der Waals surface area contributed by atoms with Gasteiger partial charge >= 0.3 is 0 Å². The molecule has 3 aromatic heterocycles. The van der Waals surface area contributed by atoms with E-state index in [0.717, 1.165) is 27.8 Å². The summed E-state index contributed by atoms with van der Waals surface area (Å²) >= 11 is 0. The number of fused-ring (bicyclic) bond motifs is 2. The van der Waals surface area contributed by atoms with Gasteiger partial charge in [0.25, 0.3) is 0 Å². The Labute approximate surface area is 188 Å². The van der Waals surface area contributed by atoms with Gasteiger partial charge in [-0.2, -0.15) is 9.78 Å². The Bertz CT molecular complexity index is 1560. The van der Waals surface area contributed by atoms with Gasteiger partial charge in [-0.3, -0.25) is 0 Å². The van der Waals surface area contributed by atoms with Crippen molar-refractivity contribution in [1.29, 1.82) is 0 Å². The maximum absolute atomic E-state index is 13.6. The number of rotatable bonds is 2. The topological polar surface area (TPSA) is 72.6 Å². The standard InChI is InChI=1S/C25H16FN7/c26-20-6-5-18-15-32(16-19(18)13-20)24-8-11-28-25(31-24)21-7-10-27-23(30-21)9-12-33-22-4-2-1-3-17(22)14-29-33/h1-8,10-11,13-14H,15-16H2. The van der Waals surface area contributed by atoms with Gasteiger partial charge in [-0.15, -0.1) is 0 Å². The average molecular weight is 433 g/mol. The molecule has 7 nitrogen and oxygen atoms in total. The molecule has 0 N–H and O–H groups in total. The molecule has 1 aliphatic rings. The second-order valence-corrected chi connectivity index (χ2v) is 7.63. The third-order valence-electron chi connectivity index (χ3n) is 5.49. The zero-order valence-corrected chi connectivity index (χ0v) is 17.4. The monoisotopic (exact) mass is 433 g/mol. The lowest BCUT2D eigenvalue weighted by Gasteiger charge is -2.16. The quantitative estimate of drug-likeness (QED) is 0.395. The van der Waals surface area contributed by atoms with Crippen LogP contribution in [0.3, 0.4) is 0 Å². The van der Waals surface area contributed by atoms with E-state index in [1.807, 2.05) is 36.4 Å². The highest BCUT2D eigenvalue weighted by Gasteiger charge is 2.21. The lowest BCUT2D eigenvalue weighted by atomic mass is 10.1. The molecule has 0 unspecified atom stereocenters. The van der Waals surface area contributed by atoms with Crippen molar-refractivity contribution < 1.29 is 4.39 Å². The first kappa shape index (κ1) is 19.1. The van der Waals surface area contributed by atoms with E-state index in [9.17, 15) is 4.39 Å². The first-order valence-corrected chi connectivity index (χ1v) is 10.4. The van der Waals surface area contributed by atoms with E-state index >= 15 is 0 Å². The van der Waals surface area contributed by atoms with E-state index in [1.165, 1.54) is 6.07 Å². The first-order chi connectivity index (χ1) is 16.2. The minimum Gasteiger partial charge on any atom is -0.348 e. The predicted molar refractivity (Wildman–Crippen MR) is 121 cm³/mol. The maximum Gasteiger partial charge on any atom is 0.207 e. The molecule has 0 fully saturated rings. The second kappa shape index (κ2) is 7.80. The van der Waals surface area contributed by atoms with Crippen LogP contribution in [0.4, 0.5) is 10.2 Å². The van der Waals surface area contributed by atoms with Crippen molar-refractivity contribution in [3.63, 3.8) is 0 Å². The molecule has 5 aromatic rings. The summed E-state index contributed by atoms with van der Waals surface area (Å²) in [6.45, 7) is 1.27. The number of hydrogen-bond acceptors (Lipinski definition) is 6. The summed E-state index contributed by atoms with van der Waals surface area (Å²) in [5.41, 5.74) is 3.57. The fourth-order valence-corrected chi connectivity index (χ4v) is 3.88. The minimum atomic E-state index is -0.225. The molecule has 0 saturated carbocycles. The number of halogens is 1. The molecule has 1 aliphatic heterocycles. The zero-order chi connectivity index (χ0) is 22.2. The molecule has 0 saturated heterocycles. The highest BCUT2D eigenvalue weighted by atomic mass is 19.1. The number of para-hydroxylation sites is 1. The van der Waals surface area contributed by atoms with Gasteiger partial charge in [-0.1, -0.05) is 24.3 Å². The number of hydrogen-bond donors (Lipinski definition) is 0. The van der Waals surface area contributed by atoms with Crippen LogP contribution >= 0.6 is 0 Å². The lowest BCUT2D eigenvalue weighted by Crippen LogP contribution is -2.16. The van der Waals surface area contributed by atoms with E-state index in [0.29, 0.717) is 30.4 Å². The van der Waals surface area contributed by atoms with Crippen LogP contribution in [0, 0.1) is 17.8 Å². The van der Waals surface area contributed by atoms with Gasteiger partial charge in [0.15, 0.2) is 5.82 Å². The van der Waals surface area contributed by atoms with Crippen LogP contribution in [-0.2, 0) is 13.1 Å². The Morgan fingerprint density at radius 1 is 0.879 bits per heavy atom. The Kier molecular flexibility index (Phi) is 4.51. The number of anilines is 1. The van der Waals surface area contributed by atoms with Crippen molar-refractivity contribution in [3.8, 4) is 23.5 Å². The zero-order valence-electron chi connectivity index (χ0n) is 17.4. The van der Waals surface area contributed by atoms with E-state index in [1.54, 1.807) is 35.4 Å². The van der Waals surface area contributed by atoms with Crippen LogP contribution < -0.4 is 4.90 Å². The molecule has 0 amide bonds. The van der Waals surface area contributed by atoms with Gasteiger partial charge in [-0.25, -0.2) is 24.3 Å². The average Bonchev–Trinajstić information content (AvgIpc) is 3.47. The van der Waals surface area contributed by atoms with Crippen LogP contribution in [-0.4, -0.2) is 29.7 Å². The van der Waals surface area contributed by atoms with Crippen LogP contribution in [0.2, 0.25) is 0 Å². The number of nitrogens with zero attached hydrogens (tertiary/aromatic N) is 7. The summed E-state index contributed by atoms with van der Waals surface area (Å²) in [4.78, 5) is 19.9. The summed E-state index contributed by atoms with van der Waals surface area (Å²) < 4.78 is 15.2. The smallest absolute Gasteiger partial charge is 0.207 e. The molecule has 0 atom stereocenters. The number of aromatic nitrogens is 6. The van der Waals surface area contributed by atoms with E-state index in [-0.39, 0.29) is 5.82 Å². The molecule has 4 heterocycles. The van der Waals surface area contributed by atoms with Crippen molar-refractivity contribution in [1.82, 2.24) is 29.7 Å². The fraction of sp³-hybridized carbons (Fsp3) is 0.0800. The predicted octanol–water partition coefficient (Wildman–Crippen LogP) is 3.80. The molecular weight excluding hydrogens is 417 g/mol. The van der Waals surface area contributed by atoms with Crippen LogP contribution in [0.1, 0.15) is 17.0 Å². The minimum absolute atomic E-state index is 0.225. The Morgan fingerprint density at radius 3 is 2.73 bits per heavy atom. The van der Waals surface area contributed by atoms with Gasteiger partial charge in [0.1, 0.15) is 17.3 Å². The highest BCUT2D eigenvalue weighted by molar-refractivity contribution is 5.79. The maximum atomic E-state index is 13.6. The molecule has 8 heteroatoms. The SMILES string of the molecule is Fc1ccc2c(c1)CN(c1ccnc(-c3ccnc(C#Cn4ncc5ccccc54)n3)n1)C2. The Hall–Kier alpha value is -4.64. The summed E-state index contributed by atoms with van der Waals surface area (Å²) in [7, 11) is 0.